The van der Waals surface area contributed by atoms with Gasteiger partial charge in [-0.15, -0.1) is 0 Å². The van der Waals surface area contributed by atoms with Gasteiger partial charge in [-0.3, -0.25) is 0 Å². The lowest BCUT2D eigenvalue weighted by Gasteiger charge is -2.18. The van der Waals surface area contributed by atoms with Crippen LogP contribution in [-0.4, -0.2) is 34.8 Å². The van der Waals surface area contributed by atoms with E-state index in [0.717, 1.165) is 0 Å². The minimum Gasteiger partial charge on any atom is -0.494 e. The van der Waals surface area contributed by atoms with Crippen LogP contribution in [0, 0.1) is 5.82 Å². The Morgan fingerprint density at radius 1 is 1.04 bits per heavy atom. The molecular formula is C17H18FNO5S. The molecule has 0 atom stereocenters. The Kier molecular flexibility index (Phi) is 5.40. The highest BCUT2D eigenvalue weighted by atomic mass is 32.2. The standard InChI is InChI=1S/C17H18FNO5S/c18-13-2-4-14(5-3-13)22-9-1-8-19-25(20,21)15-6-7-16-17(12-15)24-11-10-23-16/h2-7,12,19H,1,8-11H2. The maximum Gasteiger partial charge on any atom is 0.240 e. The van der Waals surface area contributed by atoms with Gasteiger partial charge in [-0.2, -0.15) is 0 Å². The van der Waals surface area contributed by atoms with E-state index < -0.39 is 10.0 Å². The molecule has 1 aliphatic rings. The molecule has 0 amide bonds. The maximum absolute atomic E-state index is 12.8. The zero-order valence-electron chi connectivity index (χ0n) is 13.4. The minimum absolute atomic E-state index is 0.121. The largest absolute Gasteiger partial charge is 0.494 e. The summed E-state index contributed by atoms with van der Waals surface area (Å²) in [7, 11) is -3.64. The highest BCUT2D eigenvalue weighted by Crippen LogP contribution is 2.32. The molecule has 0 spiro atoms. The van der Waals surface area contributed by atoms with Crippen molar-refractivity contribution in [3.05, 3.63) is 48.3 Å². The van der Waals surface area contributed by atoms with E-state index in [-0.39, 0.29) is 17.3 Å². The predicted octanol–water partition coefficient (Wildman–Crippen LogP) is 2.34. The third-order valence-electron chi connectivity index (χ3n) is 3.52. The van der Waals surface area contributed by atoms with E-state index in [4.69, 9.17) is 14.2 Å². The smallest absolute Gasteiger partial charge is 0.240 e. The molecule has 2 aromatic carbocycles. The van der Waals surface area contributed by atoms with Gasteiger partial charge < -0.3 is 14.2 Å². The van der Waals surface area contributed by atoms with Gasteiger partial charge in [0, 0.05) is 12.6 Å². The Morgan fingerprint density at radius 3 is 2.52 bits per heavy atom. The zero-order chi connectivity index (χ0) is 17.7. The first-order valence-corrected chi connectivity index (χ1v) is 9.31. The van der Waals surface area contributed by atoms with Crippen LogP contribution in [0.15, 0.2) is 47.4 Å². The third-order valence-corrected chi connectivity index (χ3v) is 4.98. The molecule has 25 heavy (non-hydrogen) atoms. The Labute approximate surface area is 145 Å². The minimum atomic E-state index is -3.64. The summed E-state index contributed by atoms with van der Waals surface area (Å²) >= 11 is 0. The molecule has 2 aromatic rings. The predicted molar refractivity (Wildman–Crippen MR) is 89.1 cm³/mol. The van der Waals surface area contributed by atoms with Crippen molar-refractivity contribution in [1.82, 2.24) is 4.72 Å². The van der Waals surface area contributed by atoms with Gasteiger partial charge in [0.25, 0.3) is 0 Å². The van der Waals surface area contributed by atoms with E-state index in [2.05, 4.69) is 4.72 Å². The van der Waals surface area contributed by atoms with Crippen molar-refractivity contribution in [3.8, 4) is 17.2 Å². The van der Waals surface area contributed by atoms with Gasteiger partial charge in [-0.05, 0) is 42.8 Å². The number of ether oxygens (including phenoxy) is 3. The number of nitrogens with one attached hydrogen (secondary N) is 1. The van der Waals surface area contributed by atoms with Gasteiger partial charge in [0.05, 0.1) is 11.5 Å². The molecule has 0 unspecified atom stereocenters. The molecule has 6 nitrogen and oxygen atoms in total. The van der Waals surface area contributed by atoms with Crippen LogP contribution in [0.1, 0.15) is 6.42 Å². The molecule has 1 aliphatic heterocycles. The van der Waals surface area contributed by atoms with Crippen LogP contribution in [0.5, 0.6) is 17.2 Å². The molecular weight excluding hydrogens is 349 g/mol. The third kappa shape index (κ3) is 4.61. The second-order valence-corrected chi connectivity index (χ2v) is 7.13. The molecule has 1 N–H and O–H groups in total. The first-order valence-electron chi connectivity index (χ1n) is 7.82. The number of hydrogen-bond donors (Lipinski definition) is 1. The van der Waals surface area contributed by atoms with Crippen molar-refractivity contribution in [2.45, 2.75) is 11.3 Å². The van der Waals surface area contributed by atoms with E-state index >= 15 is 0 Å². The highest BCUT2D eigenvalue weighted by Gasteiger charge is 2.18. The quantitative estimate of drug-likeness (QED) is 0.761. The lowest BCUT2D eigenvalue weighted by atomic mass is 10.3. The van der Waals surface area contributed by atoms with Crippen molar-refractivity contribution in [3.63, 3.8) is 0 Å². The van der Waals surface area contributed by atoms with E-state index in [1.807, 2.05) is 0 Å². The van der Waals surface area contributed by atoms with E-state index in [9.17, 15) is 12.8 Å². The number of hydrogen-bond acceptors (Lipinski definition) is 5. The average molecular weight is 367 g/mol. The first-order chi connectivity index (χ1) is 12.0. The molecule has 0 radical (unpaired) electrons. The molecule has 1 heterocycles. The van der Waals surface area contributed by atoms with Gasteiger partial charge in [-0.25, -0.2) is 17.5 Å². The highest BCUT2D eigenvalue weighted by molar-refractivity contribution is 7.89. The van der Waals surface area contributed by atoms with Crippen molar-refractivity contribution in [1.29, 1.82) is 0 Å². The number of rotatable bonds is 7. The molecule has 0 saturated carbocycles. The zero-order valence-corrected chi connectivity index (χ0v) is 14.2. The van der Waals surface area contributed by atoms with E-state index in [1.165, 1.54) is 36.4 Å². The normalized spacial score (nSPS) is 13.5. The Balaban J connectivity index is 1.49. The fourth-order valence-electron chi connectivity index (χ4n) is 2.27. The lowest BCUT2D eigenvalue weighted by molar-refractivity contribution is 0.171. The van der Waals surface area contributed by atoms with Gasteiger partial charge in [0.1, 0.15) is 24.8 Å². The monoisotopic (exact) mass is 367 g/mol. The second-order valence-electron chi connectivity index (χ2n) is 5.36. The second kappa shape index (κ2) is 7.71. The maximum atomic E-state index is 12.8. The SMILES string of the molecule is O=S(=O)(NCCCOc1ccc(F)cc1)c1ccc2c(c1)OCCO2. The molecule has 0 saturated heterocycles. The summed E-state index contributed by atoms with van der Waals surface area (Å²) in [6.45, 7) is 1.38. The van der Waals surface area contributed by atoms with Crippen LogP contribution in [-0.2, 0) is 10.0 Å². The summed E-state index contributed by atoms with van der Waals surface area (Å²) in [5, 5.41) is 0. The van der Waals surface area contributed by atoms with Gasteiger partial charge >= 0.3 is 0 Å². The molecule has 134 valence electrons. The van der Waals surface area contributed by atoms with Gasteiger partial charge in [0.15, 0.2) is 11.5 Å². The fourth-order valence-corrected chi connectivity index (χ4v) is 3.36. The Morgan fingerprint density at radius 2 is 1.76 bits per heavy atom. The summed E-state index contributed by atoms with van der Waals surface area (Å²) in [6.07, 6.45) is 0.473. The van der Waals surface area contributed by atoms with Crippen molar-refractivity contribution < 1.29 is 27.0 Å². The van der Waals surface area contributed by atoms with Crippen molar-refractivity contribution in [2.24, 2.45) is 0 Å². The van der Waals surface area contributed by atoms with Gasteiger partial charge in [-0.1, -0.05) is 0 Å². The molecule has 0 aliphatic carbocycles. The number of fused-ring (bicyclic) bond motifs is 1. The van der Waals surface area contributed by atoms with Crippen LogP contribution >= 0.6 is 0 Å². The summed E-state index contributed by atoms with van der Waals surface area (Å²) < 4.78 is 56.1. The number of sulfonamides is 1. The molecule has 8 heteroatoms. The number of halogens is 1. The average Bonchev–Trinajstić information content (AvgIpc) is 2.62. The van der Waals surface area contributed by atoms with Crippen LogP contribution in [0.3, 0.4) is 0 Å². The van der Waals surface area contributed by atoms with Crippen molar-refractivity contribution in [2.75, 3.05) is 26.4 Å². The molecule has 0 aromatic heterocycles. The van der Waals surface area contributed by atoms with Crippen LogP contribution in [0.4, 0.5) is 4.39 Å². The molecule has 3 rings (SSSR count). The lowest BCUT2D eigenvalue weighted by Crippen LogP contribution is -2.26. The summed E-state index contributed by atoms with van der Waals surface area (Å²) in [5.74, 6) is 1.17. The Hall–Kier alpha value is -2.32. The van der Waals surface area contributed by atoms with Crippen molar-refractivity contribution >= 4 is 10.0 Å². The summed E-state index contributed by atoms with van der Waals surface area (Å²) in [6, 6.07) is 10.2. The fraction of sp³-hybridized carbons (Fsp3) is 0.294. The number of benzene rings is 2. The molecule has 0 fully saturated rings. The summed E-state index contributed by atoms with van der Waals surface area (Å²) in [4.78, 5) is 0.121. The van der Waals surface area contributed by atoms with Crippen LogP contribution in [0.2, 0.25) is 0 Å². The van der Waals surface area contributed by atoms with Gasteiger partial charge in [0.2, 0.25) is 10.0 Å². The van der Waals surface area contributed by atoms with Crippen LogP contribution < -0.4 is 18.9 Å². The topological polar surface area (TPSA) is 73.9 Å². The summed E-state index contributed by atoms with van der Waals surface area (Å²) in [5.41, 5.74) is 0. The van der Waals surface area contributed by atoms with E-state index in [0.29, 0.717) is 43.5 Å². The Bertz CT molecular complexity index is 823. The first kappa shape index (κ1) is 17.5. The van der Waals surface area contributed by atoms with E-state index in [1.54, 1.807) is 6.07 Å². The van der Waals surface area contributed by atoms with Crippen LogP contribution in [0.25, 0.3) is 0 Å². The molecule has 0 bridgehead atoms.